The molecule has 0 aromatic carbocycles. The molecule has 0 fully saturated rings. The minimum atomic E-state index is -0.376. The highest BCUT2D eigenvalue weighted by Gasteiger charge is 1.90. The van der Waals surface area contributed by atoms with Crippen LogP contribution >= 0.6 is 0 Å². The third-order valence-electron chi connectivity index (χ3n) is 0.655. The first-order valence-electron chi connectivity index (χ1n) is 2.85. The summed E-state index contributed by atoms with van der Waals surface area (Å²) in [5, 5.41) is 0. The van der Waals surface area contributed by atoms with Gasteiger partial charge in [-0.1, -0.05) is 19.6 Å². The Hall–Kier alpha value is 0.394. The van der Waals surface area contributed by atoms with Crippen molar-refractivity contribution in [2.75, 3.05) is 6.23 Å². The molecule has 44 valence electrons. The fourth-order valence-electron chi connectivity index (χ4n) is 0.354. The van der Waals surface area contributed by atoms with Crippen molar-refractivity contribution < 1.29 is 4.43 Å². The van der Waals surface area contributed by atoms with Crippen molar-refractivity contribution in [1.82, 2.24) is 0 Å². The molecule has 0 bridgehead atoms. The van der Waals surface area contributed by atoms with Gasteiger partial charge in [0.15, 0.2) is 9.76 Å². The molecule has 0 aliphatic heterocycles. The molecule has 0 rings (SSSR count). The second-order valence-electron chi connectivity index (χ2n) is 2.05. The molecule has 0 radical (unpaired) electrons. The van der Waals surface area contributed by atoms with Gasteiger partial charge in [-0.05, 0) is 0 Å². The molecule has 0 unspecified atom stereocenters. The normalized spacial score (nSPS) is 12.0. The zero-order chi connectivity index (χ0) is 5.70. The van der Waals surface area contributed by atoms with E-state index < -0.39 is 0 Å². The fourth-order valence-corrected chi connectivity index (χ4v) is 3.18. The van der Waals surface area contributed by atoms with Crippen LogP contribution in [0.2, 0.25) is 19.6 Å². The lowest BCUT2D eigenvalue weighted by Gasteiger charge is -2.00. The van der Waals surface area contributed by atoms with E-state index in [4.69, 9.17) is 4.43 Å². The number of hydrogen-bond acceptors (Lipinski definition) is 1. The SMILES string of the molecule is C[SiH2]OC[SiH](C)C. The Balaban J connectivity index is 2.68. The summed E-state index contributed by atoms with van der Waals surface area (Å²) in [6, 6.07) is 0. The molecule has 1 nitrogen and oxygen atoms in total. The van der Waals surface area contributed by atoms with E-state index in [9.17, 15) is 0 Å². The summed E-state index contributed by atoms with van der Waals surface area (Å²) < 4.78 is 5.30. The zero-order valence-corrected chi connectivity index (χ0v) is 7.97. The minimum absolute atomic E-state index is 0.0941. The highest BCUT2D eigenvalue weighted by molar-refractivity contribution is 6.56. The molecule has 0 aromatic rings. The molecule has 0 atom stereocenters. The smallest absolute Gasteiger partial charge is 0.157 e. The Morgan fingerprint density at radius 3 is 2.29 bits per heavy atom. The fraction of sp³-hybridized carbons (Fsp3) is 1.00. The summed E-state index contributed by atoms with van der Waals surface area (Å²) in [6.45, 7) is 6.80. The molecule has 0 saturated carbocycles. The molecule has 3 heteroatoms. The van der Waals surface area contributed by atoms with Crippen LogP contribution in [-0.2, 0) is 4.43 Å². The van der Waals surface area contributed by atoms with Crippen molar-refractivity contribution >= 4 is 18.6 Å². The van der Waals surface area contributed by atoms with Gasteiger partial charge in [-0.3, -0.25) is 0 Å². The standard InChI is InChI=1S/C4H14OSi2/c1-6-5-4-7(2)3/h7H,4,6H2,1-3H3. The van der Waals surface area contributed by atoms with Gasteiger partial charge in [0.25, 0.3) is 0 Å². The molecular weight excluding hydrogens is 120 g/mol. The lowest BCUT2D eigenvalue weighted by atomic mass is 11.7. The van der Waals surface area contributed by atoms with Crippen molar-refractivity contribution in [3.05, 3.63) is 0 Å². The predicted octanol–water partition coefficient (Wildman–Crippen LogP) is 0.161. The van der Waals surface area contributed by atoms with Gasteiger partial charge in [-0.2, -0.15) is 0 Å². The Kier molecular flexibility index (Phi) is 4.81. The summed E-state index contributed by atoms with van der Waals surface area (Å²) in [5.74, 6) is 0. The summed E-state index contributed by atoms with van der Waals surface area (Å²) in [7, 11) is -0.470. The van der Waals surface area contributed by atoms with Crippen LogP contribution in [0.25, 0.3) is 0 Å². The lowest BCUT2D eigenvalue weighted by Crippen LogP contribution is -2.12. The van der Waals surface area contributed by atoms with Gasteiger partial charge < -0.3 is 4.43 Å². The average molecular weight is 134 g/mol. The van der Waals surface area contributed by atoms with Gasteiger partial charge in [0.1, 0.15) is 0 Å². The van der Waals surface area contributed by atoms with Crippen LogP contribution in [-0.4, -0.2) is 24.8 Å². The number of rotatable bonds is 3. The summed E-state index contributed by atoms with van der Waals surface area (Å²) in [5.41, 5.74) is 0. The molecule has 0 saturated heterocycles. The van der Waals surface area contributed by atoms with E-state index in [1.165, 1.54) is 0 Å². The second-order valence-corrected chi connectivity index (χ2v) is 6.16. The first kappa shape index (κ1) is 7.39. The van der Waals surface area contributed by atoms with Crippen LogP contribution in [0.4, 0.5) is 0 Å². The average Bonchev–Trinajstić information content (AvgIpc) is 1.61. The van der Waals surface area contributed by atoms with E-state index in [1.807, 2.05) is 0 Å². The van der Waals surface area contributed by atoms with Crippen LogP contribution < -0.4 is 0 Å². The monoisotopic (exact) mass is 134 g/mol. The third-order valence-corrected chi connectivity index (χ3v) is 2.67. The van der Waals surface area contributed by atoms with E-state index >= 15 is 0 Å². The molecule has 0 aliphatic rings. The van der Waals surface area contributed by atoms with Crippen molar-refractivity contribution in [3.63, 3.8) is 0 Å². The Morgan fingerprint density at radius 2 is 2.14 bits per heavy atom. The van der Waals surface area contributed by atoms with Gasteiger partial charge in [-0.15, -0.1) is 0 Å². The van der Waals surface area contributed by atoms with Gasteiger partial charge in [0, 0.05) is 6.23 Å². The molecular formula is C4H14OSi2. The number of hydrogen-bond donors (Lipinski definition) is 0. The van der Waals surface area contributed by atoms with Crippen LogP contribution in [0.15, 0.2) is 0 Å². The van der Waals surface area contributed by atoms with E-state index in [2.05, 4.69) is 19.6 Å². The summed E-state index contributed by atoms with van der Waals surface area (Å²) in [4.78, 5) is 0. The van der Waals surface area contributed by atoms with Crippen molar-refractivity contribution in [2.24, 2.45) is 0 Å². The van der Waals surface area contributed by atoms with Crippen LogP contribution in [0.3, 0.4) is 0 Å². The van der Waals surface area contributed by atoms with Crippen molar-refractivity contribution in [1.29, 1.82) is 0 Å². The van der Waals surface area contributed by atoms with E-state index in [1.54, 1.807) is 0 Å². The van der Waals surface area contributed by atoms with Gasteiger partial charge in [0.05, 0.1) is 8.80 Å². The third kappa shape index (κ3) is 6.39. The lowest BCUT2D eigenvalue weighted by molar-refractivity contribution is 0.410. The van der Waals surface area contributed by atoms with Crippen LogP contribution in [0, 0.1) is 0 Å². The first-order valence-corrected chi connectivity index (χ1v) is 7.96. The molecule has 0 aliphatic carbocycles. The maximum atomic E-state index is 5.30. The molecule has 0 spiro atoms. The van der Waals surface area contributed by atoms with Gasteiger partial charge >= 0.3 is 0 Å². The second kappa shape index (κ2) is 4.55. The highest BCUT2D eigenvalue weighted by atomic mass is 28.3. The highest BCUT2D eigenvalue weighted by Crippen LogP contribution is 1.78. The topological polar surface area (TPSA) is 9.23 Å². The molecule has 7 heavy (non-hydrogen) atoms. The molecule has 0 aromatic heterocycles. The quantitative estimate of drug-likeness (QED) is 0.500. The van der Waals surface area contributed by atoms with Crippen molar-refractivity contribution in [3.8, 4) is 0 Å². The predicted molar refractivity (Wildman–Crippen MR) is 39.2 cm³/mol. The van der Waals surface area contributed by atoms with Gasteiger partial charge in [-0.25, -0.2) is 0 Å². The maximum Gasteiger partial charge on any atom is 0.157 e. The van der Waals surface area contributed by atoms with Crippen molar-refractivity contribution in [2.45, 2.75) is 19.6 Å². The van der Waals surface area contributed by atoms with E-state index in [-0.39, 0.29) is 18.6 Å². The molecule has 0 amide bonds. The van der Waals surface area contributed by atoms with E-state index in [0.29, 0.717) is 0 Å². The molecule has 0 heterocycles. The van der Waals surface area contributed by atoms with Gasteiger partial charge in [0.2, 0.25) is 0 Å². The minimum Gasteiger partial charge on any atom is -0.428 e. The van der Waals surface area contributed by atoms with Crippen LogP contribution in [0.1, 0.15) is 0 Å². The zero-order valence-electron chi connectivity index (χ0n) is 5.40. The Morgan fingerprint density at radius 1 is 1.57 bits per heavy atom. The summed E-state index contributed by atoms with van der Waals surface area (Å²) >= 11 is 0. The Labute approximate surface area is 49.6 Å². The summed E-state index contributed by atoms with van der Waals surface area (Å²) in [6.07, 6.45) is 1.10. The maximum absolute atomic E-state index is 5.30. The van der Waals surface area contributed by atoms with E-state index in [0.717, 1.165) is 6.23 Å². The first-order chi connectivity index (χ1) is 3.27. The Bertz CT molecular complexity index is 38.7. The van der Waals surface area contributed by atoms with Crippen LogP contribution in [0.5, 0.6) is 0 Å². The largest absolute Gasteiger partial charge is 0.428 e. The molecule has 0 N–H and O–H groups in total.